The Hall–Kier alpha value is -1.42. The van der Waals surface area contributed by atoms with Gasteiger partial charge in [0.15, 0.2) is 6.29 Å². The third kappa shape index (κ3) is 1.37. The van der Waals surface area contributed by atoms with E-state index in [1.54, 1.807) is 18.2 Å². The molecule has 1 aromatic carbocycles. The molecule has 0 bridgehead atoms. The largest absolute Gasteiger partial charge is 0.463 e. The Bertz CT molecular complexity index is 557. The van der Waals surface area contributed by atoms with Gasteiger partial charge in [-0.2, -0.15) is 0 Å². The van der Waals surface area contributed by atoms with E-state index in [4.69, 9.17) is 4.42 Å². The topological polar surface area (TPSA) is 47.3 Å². The zero-order valence-corrected chi connectivity index (χ0v) is 8.58. The van der Waals surface area contributed by atoms with Crippen LogP contribution in [0.2, 0.25) is 0 Å². The van der Waals surface area contributed by atoms with Gasteiger partial charge in [0.1, 0.15) is 11.8 Å². The SMILES string of the molecule is O=Cc1coc2cc(Br)ccc2c1=O. The first-order valence-corrected chi connectivity index (χ1v) is 4.68. The van der Waals surface area contributed by atoms with Crippen LogP contribution in [0.4, 0.5) is 0 Å². The fourth-order valence-corrected chi connectivity index (χ4v) is 1.54. The van der Waals surface area contributed by atoms with Gasteiger partial charge in [0.05, 0.1) is 10.9 Å². The Morgan fingerprint density at radius 1 is 1.36 bits per heavy atom. The minimum atomic E-state index is -0.297. The van der Waals surface area contributed by atoms with Crippen LogP contribution in [-0.4, -0.2) is 6.29 Å². The Labute approximate surface area is 87.5 Å². The molecular weight excluding hydrogens is 248 g/mol. The Morgan fingerprint density at radius 2 is 2.14 bits per heavy atom. The Balaban J connectivity index is 2.91. The molecular formula is C10H5BrO3. The molecule has 2 rings (SSSR count). The van der Waals surface area contributed by atoms with Crippen molar-refractivity contribution in [2.24, 2.45) is 0 Å². The van der Waals surface area contributed by atoms with E-state index in [2.05, 4.69) is 15.9 Å². The van der Waals surface area contributed by atoms with E-state index in [1.165, 1.54) is 6.26 Å². The van der Waals surface area contributed by atoms with Crippen molar-refractivity contribution in [3.05, 3.63) is 44.7 Å². The van der Waals surface area contributed by atoms with E-state index >= 15 is 0 Å². The summed E-state index contributed by atoms with van der Waals surface area (Å²) in [6, 6.07) is 5.04. The lowest BCUT2D eigenvalue weighted by molar-refractivity contribution is 0.112. The first-order valence-electron chi connectivity index (χ1n) is 3.88. The molecule has 0 amide bonds. The van der Waals surface area contributed by atoms with Gasteiger partial charge in [0, 0.05) is 4.47 Å². The van der Waals surface area contributed by atoms with Crippen LogP contribution in [0.3, 0.4) is 0 Å². The molecule has 0 saturated heterocycles. The second-order valence-electron chi connectivity index (χ2n) is 2.78. The summed E-state index contributed by atoms with van der Waals surface area (Å²) in [6.45, 7) is 0. The number of benzene rings is 1. The van der Waals surface area contributed by atoms with Crippen molar-refractivity contribution in [2.75, 3.05) is 0 Å². The zero-order chi connectivity index (χ0) is 10.1. The van der Waals surface area contributed by atoms with Crippen molar-refractivity contribution in [3.63, 3.8) is 0 Å². The van der Waals surface area contributed by atoms with Crippen LogP contribution >= 0.6 is 15.9 Å². The summed E-state index contributed by atoms with van der Waals surface area (Å²) in [5.41, 5.74) is 0.212. The summed E-state index contributed by atoms with van der Waals surface area (Å²) >= 11 is 3.26. The van der Waals surface area contributed by atoms with Gasteiger partial charge >= 0.3 is 0 Å². The van der Waals surface area contributed by atoms with Crippen LogP contribution < -0.4 is 5.43 Å². The molecule has 0 fully saturated rings. The van der Waals surface area contributed by atoms with E-state index in [-0.39, 0.29) is 11.0 Å². The summed E-state index contributed by atoms with van der Waals surface area (Å²) in [7, 11) is 0. The molecule has 0 aliphatic rings. The highest BCUT2D eigenvalue weighted by Gasteiger charge is 2.05. The van der Waals surface area contributed by atoms with Gasteiger partial charge in [-0.1, -0.05) is 15.9 Å². The van der Waals surface area contributed by atoms with Gasteiger partial charge in [-0.3, -0.25) is 9.59 Å². The van der Waals surface area contributed by atoms with Crippen molar-refractivity contribution in [2.45, 2.75) is 0 Å². The second-order valence-corrected chi connectivity index (χ2v) is 3.69. The molecule has 1 aromatic heterocycles. The molecule has 0 aliphatic carbocycles. The van der Waals surface area contributed by atoms with Gasteiger partial charge < -0.3 is 4.42 Å². The molecule has 0 radical (unpaired) electrons. The van der Waals surface area contributed by atoms with E-state index in [1.807, 2.05) is 0 Å². The van der Waals surface area contributed by atoms with E-state index in [0.29, 0.717) is 17.3 Å². The summed E-state index contributed by atoms with van der Waals surface area (Å²) < 4.78 is 5.96. The van der Waals surface area contributed by atoms with Crippen LogP contribution in [-0.2, 0) is 0 Å². The lowest BCUT2D eigenvalue weighted by Crippen LogP contribution is -2.07. The predicted octanol–water partition coefficient (Wildman–Crippen LogP) is 2.37. The van der Waals surface area contributed by atoms with Crippen molar-refractivity contribution in [1.82, 2.24) is 0 Å². The standard InChI is InChI=1S/C10H5BrO3/c11-7-1-2-8-9(3-7)14-5-6(4-12)10(8)13/h1-5H. The summed E-state index contributed by atoms with van der Waals surface area (Å²) in [5, 5.41) is 0.415. The maximum absolute atomic E-state index is 11.6. The minimum Gasteiger partial charge on any atom is -0.463 e. The minimum absolute atomic E-state index is 0.0415. The second kappa shape index (κ2) is 3.38. The van der Waals surface area contributed by atoms with E-state index < -0.39 is 0 Å². The number of rotatable bonds is 1. The van der Waals surface area contributed by atoms with E-state index in [0.717, 1.165) is 4.47 Å². The molecule has 4 heteroatoms. The fraction of sp³-hybridized carbons (Fsp3) is 0. The smallest absolute Gasteiger partial charge is 0.203 e. The Kier molecular flexibility index (Phi) is 2.21. The molecule has 2 aromatic rings. The van der Waals surface area contributed by atoms with E-state index in [9.17, 15) is 9.59 Å². The third-order valence-electron chi connectivity index (χ3n) is 1.89. The number of hydrogen-bond acceptors (Lipinski definition) is 3. The normalized spacial score (nSPS) is 10.4. The average Bonchev–Trinajstić information content (AvgIpc) is 2.18. The van der Waals surface area contributed by atoms with Crippen LogP contribution in [0, 0.1) is 0 Å². The number of aldehydes is 1. The zero-order valence-electron chi connectivity index (χ0n) is 6.99. The number of fused-ring (bicyclic) bond motifs is 1. The van der Waals surface area contributed by atoms with Crippen molar-refractivity contribution in [3.8, 4) is 0 Å². The molecule has 14 heavy (non-hydrogen) atoms. The number of hydrogen-bond donors (Lipinski definition) is 0. The molecule has 1 heterocycles. The lowest BCUT2D eigenvalue weighted by atomic mass is 10.2. The highest BCUT2D eigenvalue weighted by atomic mass is 79.9. The van der Waals surface area contributed by atoms with Gasteiger partial charge in [0.2, 0.25) is 5.43 Å². The molecule has 0 N–H and O–H groups in total. The van der Waals surface area contributed by atoms with Gasteiger partial charge in [-0.05, 0) is 18.2 Å². The van der Waals surface area contributed by atoms with Crippen molar-refractivity contribution < 1.29 is 9.21 Å². The number of carbonyl (C=O) groups is 1. The third-order valence-corrected chi connectivity index (χ3v) is 2.38. The molecule has 0 aliphatic heterocycles. The van der Waals surface area contributed by atoms with Crippen LogP contribution in [0.15, 0.2) is 38.1 Å². The molecule has 0 atom stereocenters. The fourth-order valence-electron chi connectivity index (χ4n) is 1.20. The number of carbonyl (C=O) groups excluding carboxylic acids is 1. The quantitative estimate of drug-likeness (QED) is 0.733. The van der Waals surface area contributed by atoms with Gasteiger partial charge in [-0.15, -0.1) is 0 Å². The average molecular weight is 253 g/mol. The summed E-state index contributed by atoms with van der Waals surface area (Å²) in [6.07, 6.45) is 1.66. The van der Waals surface area contributed by atoms with Gasteiger partial charge in [0.25, 0.3) is 0 Å². The lowest BCUT2D eigenvalue weighted by Gasteiger charge is -1.97. The number of halogens is 1. The first-order chi connectivity index (χ1) is 6.72. The highest BCUT2D eigenvalue weighted by Crippen LogP contribution is 2.17. The molecule has 0 unspecified atom stereocenters. The molecule has 70 valence electrons. The van der Waals surface area contributed by atoms with Crippen molar-refractivity contribution in [1.29, 1.82) is 0 Å². The summed E-state index contributed by atoms with van der Waals surface area (Å²) in [4.78, 5) is 22.0. The maximum atomic E-state index is 11.6. The first kappa shape index (κ1) is 9.15. The maximum Gasteiger partial charge on any atom is 0.203 e. The van der Waals surface area contributed by atoms with Crippen LogP contribution in [0.5, 0.6) is 0 Å². The summed E-state index contributed by atoms with van der Waals surface area (Å²) in [5.74, 6) is 0. The highest BCUT2D eigenvalue weighted by molar-refractivity contribution is 9.10. The molecule has 3 nitrogen and oxygen atoms in total. The monoisotopic (exact) mass is 252 g/mol. The van der Waals surface area contributed by atoms with Crippen LogP contribution in [0.1, 0.15) is 10.4 Å². The predicted molar refractivity (Wildman–Crippen MR) is 55.6 cm³/mol. The van der Waals surface area contributed by atoms with Crippen LogP contribution in [0.25, 0.3) is 11.0 Å². The van der Waals surface area contributed by atoms with Crippen molar-refractivity contribution >= 4 is 33.2 Å². The molecule has 0 saturated carbocycles. The van der Waals surface area contributed by atoms with Gasteiger partial charge in [-0.25, -0.2) is 0 Å². The Morgan fingerprint density at radius 3 is 2.86 bits per heavy atom. The molecule has 0 spiro atoms.